The van der Waals surface area contributed by atoms with Crippen LogP contribution in [0.25, 0.3) is 0 Å². The lowest BCUT2D eigenvalue weighted by atomic mass is 10.0. The molecule has 0 bridgehead atoms. The molecular formula is C14H25Cl2N3. The molecule has 2 rings (SSSR count). The zero-order chi connectivity index (χ0) is 12.1. The molecule has 110 valence electrons. The first-order valence-corrected chi connectivity index (χ1v) is 6.50. The third kappa shape index (κ3) is 4.84. The monoisotopic (exact) mass is 305 g/mol. The van der Waals surface area contributed by atoms with Crippen LogP contribution in [0.2, 0.25) is 0 Å². The summed E-state index contributed by atoms with van der Waals surface area (Å²) in [6.45, 7) is 8.35. The predicted molar refractivity (Wildman–Crippen MR) is 86.5 cm³/mol. The minimum Gasteiger partial charge on any atom is -0.353 e. The van der Waals surface area contributed by atoms with Gasteiger partial charge in [0.25, 0.3) is 0 Å². The molecule has 0 radical (unpaired) electrons. The van der Waals surface area contributed by atoms with Gasteiger partial charge in [0.1, 0.15) is 0 Å². The van der Waals surface area contributed by atoms with E-state index in [-0.39, 0.29) is 24.8 Å². The Hall–Kier alpha value is -0.480. The largest absolute Gasteiger partial charge is 0.353 e. The smallest absolute Gasteiger partial charge is 0.0504 e. The number of nitrogens with one attached hydrogen (secondary N) is 1. The van der Waals surface area contributed by atoms with Crippen LogP contribution < -0.4 is 5.32 Å². The Bertz CT molecular complexity index is 359. The van der Waals surface area contributed by atoms with E-state index < -0.39 is 0 Å². The number of allylic oxidation sites excluding steroid dienone is 1. The van der Waals surface area contributed by atoms with Gasteiger partial charge in [-0.25, -0.2) is 0 Å². The van der Waals surface area contributed by atoms with E-state index in [1.807, 2.05) is 6.08 Å². The minimum absolute atomic E-state index is 0. The van der Waals surface area contributed by atoms with Crippen molar-refractivity contribution in [2.75, 3.05) is 26.2 Å². The van der Waals surface area contributed by atoms with Gasteiger partial charge in [-0.2, -0.15) is 0 Å². The molecule has 0 unspecified atom stereocenters. The van der Waals surface area contributed by atoms with E-state index in [1.165, 1.54) is 12.1 Å². The Morgan fingerprint density at radius 2 is 2.05 bits per heavy atom. The van der Waals surface area contributed by atoms with Gasteiger partial charge in [0.15, 0.2) is 0 Å². The SMILES string of the molecule is C=CCC[C@@H](c1cccn1C)N1CCNCC1.Cl.Cl. The van der Waals surface area contributed by atoms with Gasteiger partial charge in [-0.1, -0.05) is 6.08 Å². The summed E-state index contributed by atoms with van der Waals surface area (Å²) in [4.78, 5) is 2.59. The number of hydrogen-bond donors (Lipinski definition) is 1. The lowest BCUT2D eigenvalue weighted by Crippen LogP contribution is -2.45. The first-order chi connectivity index (χ1) is 8.33. The van der Waals surface area contributed by atoms with E-state index in [2.05, 4.69) is 46.7 Å². The maximum Gasteiger partial charge on any atom is 0.0504 e. The van der Waals surface area contributed by atoms with Crippen molar-refractivity contribution < 1.29 is 0 Å². The van der Waals surface area contributed by atoms with Gasteiger partial charge in [0.05, 0.1) is 6.04 Å². The summed E-state index contributed by atoms with van der Waals surface area (Å²) >= 11 is 0. The number of hydrogen-bond acceptors (Lipinski definition) is 2. The van der Waals surface area contributed by atoms with E-state index in [1.54, 1.807) is 0 Å². The van der Waals surface area contributed by atoms with Crippen LogP contribution in [-0.4, -0.2) is 35.6 Å². The van der Waals surface area contributed by atoms with Crippen LogP contribution in [0.5, 0.6) is 0 Å². The lowest BCUT2D eigenvalue weighted by Gasteiger charge is -2.35. The Balaban J connectivity index is 0.00000162. The maximum atomic E-state index is 3.84. The van der Waals surface area contributed by atoms with Crippen molar-refractivity contribution in [2.45, 2.75) is 18.9 Å². The first-order valence-electron chi connectivity index (χ1n) is 6.50. The van der Waals surface area contributed by atoms with Crippen LogP contribution in [0.4, 0.5) is 0 Å². The molecule has 1 aliphatic rings. The van der Waals surface area contributed by atoms with Gasteiger partial charge >= 0.3 is 0 Å². The predicted octanol–water partition coefficient (Wildman–Crippen LogP) is 2.78. The molecular weight excluding hydrogens is 281 g/mol. The van der Waals surface area contributed by atoms with Crippen molar-refractivity contribution in [3.8, 4) is 0 Å². The molecule has 1 aliphatic heterocycles. The van der Waals surface area contributed by atoms with Crippen LogP contribution in [0.3, 0.4) is 0 Å². The summed E-state index contributed by atoms with van der Waals surface area (Å²) in [5, 5.41) is 3.42. The van der Waals surface area contributed by atoms with Crippen LogP contribution in [0.1, 0.15) is 24.6 Å². The third-order valence-corrected chi connectivity index (χ3v) is 3.56. The number of aromatic nitrogens is 1. The second kappa shape index (κ2) is 9.43. The van der Waals surface area contributed by atoms with Crippen molar-refractivity contribution >= 4 is 24.8 Å². The highest BCUT2D eigenvalue weighted by Gasteiger charge is 2.22. The fourth-order valence-corrected chi connectivity index (χ4v) is 2.61. The molecule has 5 heteroatoms. The van der Waals surface area contributed by atoms with Gasteiger partial charge in [-0.05, 0) is 25.0 Å². The number of rotatable bonds is 5. The highest BCUT2D eigenvalue weighted by atomic mass is 35.5. The fraction of sp³-hybridized carbons (Fsp3) is 0.571. The molecule has 19 heavy (non-hydrogen) atoms. The summed E-state index contributed by atoms with van der Waals surface area (Å²) in [5.74, 6) is 0. The highest BCUT2D eigenvalue weighted by Crippen LogP contribution is 2.26. The molecule has 1 saturated heterocycles. The zero-order valence-electron chi connectivity index (χ0n) is 11.5. The fourth-order valence-electron chi connectivity index (χ4n) is 2.61. The van der Waals surface area contributed by atoms with Crippen LogP contribution in [0, 0.1) is 0 Å². The lowest BCUT2D eigenvalue weighted by molar-refractivity contribution is 0.161. The summed E-state index contributed by atoms with van der Waals surface area (Å²) in [5.41, 5.74) is 1.42. The quantitative estimate of drug-likeness (QED) is 0.844. The molecule has 0 aromatic carbocycles. The van der Waals surface area contributed by atoms with Crippen LogP contribution in [0.15, 0.2) is 31.0 Å². The first kappa shape index (κ1) is 18.5. The van der Waals surface area contributed by atoms with Crippen LogP contribution >= 0.6 is 24.8 Å². The zero-order valence-corrected chi connectivity index (χ0v) is 13.2. The van der Waals surface area contributed by atoms with Gasteiger partial charge < -0.3 is 9.88 Å². The van der Waals surface area contributed by atoms with E-state index >= 15 is 0 Å². The van der Waals surface area contributed by atoms with Gasteiger partial charge in [0.2, 0.25) is 0 Å². The van der Waals surface area contributed by atoms with Gasteiger partial charge in [0, 0.05) is 45.1 Å². The summed E-state index contributed by atoms with van der Waals surface area (Å²) < 4.78 is 2.25. The third-order valence-electron chi connectivity index (χ3n) is 3.56. The number of halogens is 2. The Kier molecular flexibility index (Phi) is 9.19. The molecule has 1 atom stereocenters. The standard InChI is InChI=1S/C14H23N3.2ClH/c1-3-4-6-14(13-7-5-10-16(13)2)17-11-8-15-9-12-17;;/h3,5,7,10,14-15H,1,4,6,8-9,11-12H2,2H3;2*1H/t14-;;/m0../s1. The summed E-state index contributed by atoms with van der Waals surface area (Å²) in [6, 6.07) is 4.92. The second-order valence-electron chi connectivity index (χ2n) is 4.71. The number of nitrogens with zero attached hydrogens (tertiary/aromatic N) is 2. The highest BCUT2D eigenvalue weighted by molar-refractivity contribution is 5.85. The number of piperazine rings is 1. The molecule has 0 amide bonds. The molecule has 0 saturated carbocycles. The molecule has 2 heterocycles. The normalized spacial score (nSPS) is 17.1. The number of aryl methyl sites for hydroxylation is 1. The van der Waals surface area contributed by atoms with Crippen molar-refractivity contribution in [1.29, 1.82) is 0 Å². The van der Waals surface area contributed by atoms with E-state index in [0.29, 0.717) is 6.04 Å². The molecule has 1 aromatic heterocycles. The van der Waals surface area contributed by atoms with Crippen LogP contribution in [-0.2, 0) is 7.05 Å². The molecule has 3 nitrogen and oxygen atoms in total. The molecule has 0 aliphatic carbocycles. The molecule has 0 spiro atoms. The molecule has 1 fully saturated rings. The van der Waals surface area contributed by atoms with Gasteiger partial charge in [-0.15, -0.1) is 31.4 Å². The van der Waals surface area contributed by atoms with Crippen molar-refractivity contribution in [1.82, 2.24) is 14.8 Å². The van der Waals surface area contributed by atoms with E-state index in [0.717, 1.165) is 32.6 Å². The maximum absolute atomic E-state index is 3.84. The van der Waals surface area contributed by atoms with Crippen molar-refractivity contribution in [3.63, 3.8) is 0 Å². The van der Waals surface area contributed by atoms with Gasteiger partial charge in [-0.3, -0.25) is 4.90 Å². The van der Waals surface area contributed by atoms with E-state index in [9.17, 15) is 0 Å². The summed E-state index contributed by atoms with van der Waals surface area (Å²) in [7, 11) is 2.14. The average molecular weight is 306 g/mol. The Morgan fingerprint density at radius 1 is 1.37 bits per heavy atom. The molecule has 1 N–H and O–H groups in total. The topological polar surface area (TPSA) is 20.2 Å². The van der Waals surface area contributed by atoms with Crippen molar-refractivity contribution in [3.05, 3.63) is 36.7 Å². The molecule has 1 aromatic rings. The average Bonchev–Trinajstić information content (AvgIpc) is 2.78. The Morgan fingerprint density at radius 3 is 2.58 bits per heavy atom. The Labute approximate surface area is 128 Å². The second-order valence-corrected chi connectivity index (χ2v) is 4.71. The van der Waals surface area contributed by atoms with Crippen molar-refractivity contribution in [2.24, 2.45) is 7.05 Å². The van der Waals surface area contributed by atoms with E-state index in [4.69, 9.17) is 0 Å². The minimum atomic E-state index is 0. The summed E-state index contributed by atoms with van der Waals surface area (Å²) in [6.07, 6.45) is 6.41.